The van der Waals surface area contributed by atoms with Gasteiger partial charge in [-0.15, -0.1) is 24.0 Å². The predicted molar refractivity (Wildman–Crippen MR) is 93.9 cm³/mol. The number of benzene rings is 1. The van der Waals surface area contributed by atoms with Gasteiger partial charge < -0.3 is 15.5 Å². The highest BCUT2D eigenvalue weighted by molar-refractivity contribution is 14.0. The van der Waals surface area contributed by atoms with Crippen LogP contribution in [0, 0.1) is 13.8 Å². The number of furan rings is 1. The Kier molecular flexibility index (Phi) is 6.57. The molecule has 20 heavy (non-hydrogen) atoms. The number of aliphatic imine (C=N–C) groups is 1. The van der Waals surface area contributed by atoms with Crippen LogP contribution in [0.4, 0.5) is 5.69 Å². The molecule has 3 N–H and O–H groups in total. The summed E-state index contributed by atoms with van der Waals surface area (Å²) in [7, 11) is 0. The van der Waals surface area contributed by atoms with Gasteiger partial charge in [0.2, 0.25) is 0 Å². The third-order valence-corrected chi connectivity index (χ3v) is 2.71. The van der Waals surface area contributed by atoms with Crippen molar-refractivity contribution >= 4 is 35.6 Å². The van der Waals surface area contributed by atoms with Gasteiger partial charge in [-0.2, -0.15) is 0 Å². The van der Waals surface area contributed by atoms with Crippen LogP contribution in [0.25, 0.3) is 0 Å². The van der Waals surface area contributed by atoms with Crippen LogP contribution >= 0.6 is 24.0 Å². The van der Waals surface area contributed by atoms with Crippen LogP contribution in [-0.2, 0) is 6.42 Å². The average molecular weight is 385 g/mol. The lowest BCUT2D eigenvalue weighted by molar-refractivity contribution is 0.511. The molecule has 4 nitrogen and oxygen atoms in total. The summed E-state index contributed by atoms with van der Waals surface area (Å²) in [5.41, 5.74) is 9.22. The Hall–Kier alpha value is -1.50. The highest BCUT2D eigenvalue weighted by Gasteiger charge is 1.98. The SMILES string of the molecule is Cc1cc(C)cc(NC(N)=NCCc2ccco2)c1.I. The van der Waals surface area contributed by atoms with Gasteiger partial charge in [0.25, 0.3) is 0 Å². The van der Waals surface area contributed by atoms with E-state index in [-0.39, 0.29) is 24.0 Å². The molecule has 2 aromatic rings. The smallest absolute Gasteiger partial charge is 0.193 e. The molecule has 0 bridgehead atoms. The zero-order valence-electron chi connectivity index (χ0n) is 11.7. The number of rotatable bonds is 4. The summed E-state index contributed by atoms with van der Waals surface area (Å²) in [5, 5.41) is 3.10. The molecule has 0 fully saturated rings. The van der Waals surface area contributed by atoms with Crippen molar-refractivity contribution < 1.29 is 4.42 Å². The molecule has 0 atom stereocenters. The maximum atomic E-state index is 5.85. The van der Waals surface area contributed by atoms with Gasteiger partial charge in [-0.05, 0) is 49.2 Å². The number of nitrogens with two attached hydrogens (primary N) is 1. The molecule has 0 saturated heterocycles. The second-order valence-corrected chi connectivity index (χ2v) is 4.60. The summed E-state index contributed by atoms with van der Waals surface area (Å²) in [6, 6.07) is 10.0. The fraction of sp³-hybridized carbons (Fsp3) is 0.267. The minimum Gasteiger partial charge on any atom is -0.469 e. The molecular formula is C15H20IN3O. The number of hydrogen-bond donors (Lipinski definition) is 2. The number of guanidine groups is 1. The molecule has 0 aliphatic carbocycles. The van der Waals surface area contributed by atoms with Crippen LogP contribution in [0.3, 0.4) is 0 Å². The number of halogens is 1. The normalized spacial score (nSPS) is 11.0. The van der Waals surface area contributed by atoms with Gasteiger partial charge in [-0.3, -0.25) is 4.99 Å². The summed E-state index contributed by atoms with van der Waals surface area (Å²) >= 11 is 0. The Morgan fingerprint density at radius 1 is 1.25 bits per heavy atom. The molecule has 1 aromatic heterocycles. The van der Waals surface area contributed by atoms with Crippen molar-refractivity contribution in [1.29, 1.82) is 0 Å². The van der Waals surface area contributed by atoms with E-state index in [1.165, 1.54) is 11.1 Å². The molecule has 1 aromatic carbocycles. The van der Waals surface area contributed by atoms with E-state index >= 15 is 0 Å². The third kappa shape index (κ3) is 5.24. The Morgan fingerprint density at radius 3 is 2.55 bits per heavy atom. The van der Waals surface area contributed by atoms with Crippen molar-refractivity contribution in [3.05, 3.63) is 53.5 Å². The minimum atomic E-state index is 0. The molecule has 0 amide bonds. The van der Waals surface area contributed by atoms with E-state index in [1.54, 1.807) is 6.26 Å². The van der Waals surface area contributed by atoms with Crippen molar-refractivity contribution in [2.45, 2.75) is 20.3 Å². The summed E-state index contributed by atoms with van der Waals surface area (Å²) in [4.78, 5) is 4.28. The first-order valence-electron chi connectivity index (χ1n) is 6.31. The summed E-state index contributed by atoms with van der Waals surface area (Å²) < 4.78 is 5.23. The maximum absolute atomic E-state index is 5.85. The fourth-order valence-corrected chi connectivity index (χ4v) is 1.98. The van der Waals surface area contributed by atoms with E-state index in [9.17, 15) is 0 Å². The van der Waals surface area contributed by atoms with E-state index in [1.807, 2.05) is 24.3 Å². The first-order valence-corrected chi connectivity index (χ1v) is 6.31. The molecule has 0 radical (unpaired) electrons. The van der Waals surface area contributed by atoms with Gasteiger partial charge in [0.05, 0.1) is 6.26 Å². The Labute approximate surface area is 136 Å². The average Bonchev–Trinajstić information content (AvgIpc) is 2.80. The molecule has 108 valence electrons. The monoisotopic (exact) mass is 385 g/mol. The number of nitrogens with one attached hydrogen (secondary N) is 1. The molecule has 5 heteroatoms. The highest BCUT2D eigenvalue weighted by Crippen LogP contribution is 2.13. The molecule has 2 rings (SSSR count). The van der Waals surface area contributed by atoms with Gasteiger partial charge in [-0.1, -0.05) is 6.07 Å². The largest absolute Gasteiger partial charge is 0.469 e. The van der Waals surface area contributed by atoms with Crippen molar-refractivity contribution in [2.24, 2.45) is 10.7 Å². The molecule has 0 unspecified atom stereocenters. The number of nitrogens with zero attached hydrogens (tertiary/aromatic N) is 1. The molecule has 0 saturated carbocycles. The van der Waals surface area contributed by atoms with Gasteiger partial charge >= 0.3 is 0 Å². The zero-order chi connectivity index (χ0) is 13.7. The van der Waals surface area contributed by atoms with Crippen molar-refractivity contribution in [3.63, 3.8) is 0 Å². The maximum Gasteiger partial charge on any atom is 0.193 e. The van der Waals surface area contributed by atoms with Crippen LogP contribution in [0.15, 0.2) is 46.0 Å². The Bertz CT molecular complexity index is 544. The minimum absolute atomic E-state index is 0. The number of hydrogen-bond acceptors (Lipinski definition) is 2. The van der Waals surface area contributed by atoms with E-state index < -0.39 is 0 Å². The van der Waals surface area contributed by atoms with Crippen LogP contribution < -0.4 is 11.1 Å². The van der Waals surface area contributed by atoms with Crippen LogP contribution in [0.5, 0.6) is 0 Å². The lowest BCUT2D eigenvalue weighted by Gasteiger charge is -2.07. The summed E-state index contributed by atoms with van der Waals surface area (Å²) in [5.74, 6) is 1.35. The Balaban J connectivity index is 0.00000200. The lowest BCUT2D eigenvalue weighted by atomic mass is 10.1. The predicted octanol–water partition coefficient (Wildman–Crippen LogP) is 3.48. The zero-order valence-corrected chi connectivity index (χ0v) is 14.0. The third-order valence-electron chi connectivity index (χ3n) is 2.71. The molecule has 0 aliphatic rings. The molecule has 0 spiro atoms. The Morgan fingerprint density at radius 2 is 1.95 bits per heavy atom. The first kappa shape index (κ1) is 16.6. The summed E-state index contributed by atoms with van der Waals surface area (Å²) in [6.45, 7) is 4.72. The standard InChI is InChI=1S/C15H19N3O.HI/c1-11-8-12(2)10-13(9-11)18-15(16)17-6-5-14-4-3-7-19-14;/h3-4,7-10H,5-6H2,1-2H3,(H3,16,17,18);1H. The fourth-order valence-electron chi connectivity index (χ4n) is 1.98. The van der Waals surface area contributed by atoms with Crippen LogP contribution in [0.1, 0.15) is 16.9 Å². The lowest BCUT2D eigenvalue weighted by Crippen LogP contribution is -2.23. The topological polar surface area (TPSA) is 63.5 Å². The van der Waals surface area contributed by atoms with Gasteiger partial charge in [0.15, 0.2) is 5.96 Å². The number of aryl methyl sites for hydroxylation is 2. The quantitative estimate of drug-likeness (QED) is 0.481. The van der Waals surface area contributed by atoms with E-state index in [0.29, 0.717) is 12.5 Å². The van der Waals surface area contributed by atoms with Crippen molar-refractivity contribution in [1.82, 2.24) is 0 Å². The van der Waals surface area contributed by atoms with Gasteiger partial charge in [0, 0.05) is 18.7 Å². The van der Waals surface area contributed by atoms with Gasteiger partial charge in [-0.25, -0.2) is 0 Å². The van der Waals surface area contributed by atoms with Crippen molar-refractivity contribution in [3.8, 4) is 0 Å². The molecule has 0 aliphatic heterocycles. The van der Waals surface area contributed by atoms with Gasteiger partial charge in [0.1, 0.15) is 5.76 Å². The molecule has 1 heterocycles. The highest BCUT2D eigenvalue weighted by atomic mass is 127. The van der Waals surface area contributed by atoms with Crippen LogP contribution in [0.2, 0.25) is 0 Å². The summed E-state index contributed by atoms with van der Waals surface area (Å²) in [6.07, 6.45) is 2.42. The van der Waals surface area contributed by atoms with E-state index in [2.05, 4.69) is 30.2 Å². The van der Waals surface area contributed by atoms with Crippen molar-refractivity contribution in [2.75, 3.05) is 11.9 Å². The second kappa shape index (κ2) is 7.94. The number of anilines is 1. The molecular weight excluding hydrogens is 365 g/mol. The second-order valence-electron chi connectivity index (χ2n) is 4.60. The van der Waals surface area contributed by atoms with E-state index in [4.69, 9.17) is 10.2 Å². The van der Waals surface area contributed by atoms with Crippen LogP contribution in [-0.4, -0.2) is 12.5 Å². The van der Waals surface area contributed by atoms with E-state index in [0.717, 1.165) is 17.9 Å². The first-order chi connectivity index (χ1) is 9.13.